The number of hydrogen-bond acceptors (Lipinski definition) is 5. The molecule has 1 aliphatic heterocycles. The van der Waals surface area contributed by atoms with E-state index in [9.17, 15) is 23.1 Å². The van der Waals surface area contributed by atoms with Crippen molar-refractivity contribution in [2.45, 2.75) is 67.8 Å². The minimum atomic E-state index is -4.65. The van der Waals surface area contributed by atoms with Gasteiger partial charge < -0.3 is 15.3 Å². The first-order valence-corrected chi connectivity index (χ1v) is 12.1. The van der Waals surface area contributed by atoms with Crippen LogP contribution in [0.3, 0.4) is 0 Å². The standard InChI is InChI=1S/C25H30F3N5O2/c1-29-24(18-6-3-2-4-7-18)12-10-22(11-13-24)16-32(19-14-30-20(31-15-19)25(26,27)28)21(34)33(22)17-23(35)8-5-9-23/h2-4,6-7,14-15,29,35H,5,8-13,16-17H2,1H3/t22-,24-. The van der Waals surface area contributed by atoms with Crippen molar-refractivity contribution in [1.29, 1.82) is 0 Å². The van der Waals surface area contributed by atoms with Gasteiger partial charge >= 0.3 is 12.2 Å². The highest BCUT2D eigenvalue weighted by Crippen LogP contribution is 2.48. The summed E-state index contributed by atoms with van der Waals surface area (Å²) in [5, 5.41) is 14.4. The number of alkyl halides is 3. The summed E-state index contributed by atoms with van der Waals surface area (Å²) in [5.41, 5.74) is -0.232. The van der Waals surface area contributed by atoms with E-state index < -0.39 is 23.1 Å². The third-order valence-electron chi connectivity index (χ3n) is 8.27. The summed E-state index contributed by atoms with van der Waals surface area (Å²) in [7, 11) is 1.95. The Morgan fingerprint density at radius 2 is 1.66 bits per heavy atom. The molecule has 1 aromatic heterocycles. The first kappa shape index (κ1) is 24.0. The Morgan fingerprint density at radius 3 is 2.17 bits per heavy atom. The summed E-state index contributed by atoms with van der Waals surface area (Å²) >= 11 is 0. The summed E-state index contributed by atoms with van der Waals surface area (Å²) in [6, 6.07) is 9.91. The van der Waals surface area contributed by atoms with Crippen molar-refractivity contribution in [2.24, 2.45) is 0 Å². The Hall–Kier alpha value is -2.72. The van der Waals surface area contributed by atoms with Crippen LogP contribution < -0.4 is 10.2 Å². The van der Waals surface area contributed by atoms with E-state index in [1.165, 1.54) is 10.5 Å². The van der Waals surface area contributed by atoms with E-state index in [0.717, 1.165) is 31.7 Å². The van der Waals surface area contributed by atoms with Gasteiger partial charge in [0.2, 0.25) is 5.82 Å². The smallest absolute Gasteiger partial charge is 0.388 e. The van der Waals surface area contributed by atoms with Crippen molar-refractivity contribution in [3.63, 3.8) is 0 Å². The molecule has 2 N–H and O–H groups in total. The fourth-order valence-corrected chi connectivity index (χ4v) is 5.89. The minimum absolute atomic E-state index is 0.223. The molecule has 2 aliphatic carbocycles. The Bertz CT molecular complexity index is 1060. The maximum atomic E-state index is 13.6. The van der Waals surface area contributed by atoms with Gasteiger partial charge in [-0.2, -0.15) is 13.2 Å². The second-order valence-corrected chi connectivity index (χ2v) is 10.2. The average molecular weight is 490 g/mol. The summed E-state index contributed by atoms with van der Waals surface area (Å²) in [6.07, 6.45) is 2.64. The number of benzene rings is 1. The van der Waals surface area contributed by atoms with Gasteiger partial charge in [-0.25, -0.2) is 14.8 Å². The van der Waals surface area contributed by atoms with Crippen LogP contribution in [0.25, 0.3) is 0 Å². The van der Waals surface area contributed by atoms with Gasteiger partial charge in [0.25, 0.3) is 0 Å². The predicted molar refractivity (Wildman–Crippen MR) is 124 cm³/mol. The van der Waals surface area contributed by atoms with Crippen LogP contribution in [0.1, 0.15) is 56.3 Å². The van der Waals surface area contributed by atoms with Gasteiger partial charge in [0.05, 0.1) is 42.3 Å². The number of carbonyl (C=O) groups is 1. The van der Waals surface area contributed by atoms with Gasteiger partial charge in [0, 0.05) is 5.54 Å². The number of amides is 2. The van der Waals surface area contributed by atoms with Crippen LogP contribution in [0.5, 0.6) is 0 Å². The molecule has 10 heteroatoms. The summed E-state index contributed by atoms with van der Waals surface area (Å²) < 4.78 is 38.9. The average Bonchev–Trinajstić information content (AvgIpc) is 3.10. The van der Waals surface area contributed by atoms with Crippen LogP contribution in [0.2, 0.25) is 0 Å². The molecular formula is C25H30F3N5O2. The lowest BCUT2D eigenvalue weighted by Crippen LogP contribution is -2.59. The Kier molecular flexibility index (Phi) is 5.79. The minimum Gasteiger partial charge on any atom is -0.388 e. The van der Waals surface area contributed by atoms with Gasteiger partial charge in [-0.15, -0.1) is 0 Å². The number of nitrogens with zero attached hydrogens (tertiary/aromatic N) is 4. The van der Waals surface area contributed by atoms with Crippen molar-refractivity contribution in [3.8, 4) is 0 Å². The molecular weight excluding hydrogens is 459 g/mol. The van der Waals surface area contributed by atoms with Crippen LogP contribution in [0, 0.1) is 0 Å². The number of anilines is 1. The summed E-state index contributed by atoms with van der Waals surface area (Å²) in [4.78, 5) is 23.8. The topological polar surface area (TPSA) is 81.6 Å². The molecule has 35 heavy (non-hydrogen) atoms. The van der Waals surface area contributed by atoms with Gasteiger partial charge in [0.15, 0.2) is 0 Å². The van der Waals surface area contributed by atoms with Crippen LogP contribution in [0.15, 0.2) is 42.7 Å². The van der Waals surface area contributed by atoms with Gasteiger partial charge in [0.1, 0.15) is 0 Å². The Morgan fingerprint density at radius 1 is 1.03 bits per heavy atom. The molecule has 2 amide bonds. The number of urea groups is 1. The molecule has 1 aromatic carbocycles. The maximum absolute atomic E-state index is 13.6. The lowest BCUT2D eigenvalue weighted by molar-refractivity contribution is -0.144. The van der Waals surface area contributed by atoms with Crippen molar-refractivity contribution < 1.29 is 23.1 Å². The zero-order valence-electron chi connectivity index (χ0n) is 19.7. The third-order valence-corrected chi connectivity index (χ3v) is 8.27. The van der Waals surface area contributed by atoms with Gasteiger partial charge in [-0.1, -0.05) is 30.3 Å². The van der Waals surface area contributed by atoms with Crippen LogP contribution in [-0.2, 0) is 11.7 Å². The van der Waals surface area contributed by atoms with E-state index in [4.69, 9.17) is 0 Å². The first-order chi connectivity index (χ1) is 16.6. The molecule has 0 unspecified atom stereocenters. The van der Waals surface area contributed by atoms with Crippen molar-refractivity contribution >= 4 is 11.7 Å². The first-order valence-electron chi connectivity index (χ1n) is 12.1. The molecule has 188 valence electrons. The summed E-state index contributed by atoms with van der Waals surface area (Å²) in [6.45, 7) is 0.549. The molecule has 5 rings (SSSR count). The second kappa shape index (κ2) is 8.44. The highest BCUT2D eigenvalue weighted by Gasteiger charge is 2.56. The highest BCUT2D eigenvalue weighted by atomic mass is 19.4. The molecule has 0 radical (unpaired) electrons. The van der Waals surface area contributed by atoms with E-state index in [0.29, 0.717) is 32.2 Å². The number of halogens is 3. The SMILES string of the molecule is CN[C@]1(c2ccccc2)CC[C@@]2(CC1)CN(c1cnc(C(F)(F)F)nc1)C(=O)N2CC1(O)CCC1. The predicted octanol–water partition coefficient (Wildman–Crippen LogP) is 4.08. The van der Waals surface area contributed by atoms with Crippen molar-refractivity contribution in [2.75, 3.05) is 25.0 Å². The van der Waals surface area contributed by atoms with E-state index >= 15 is 0 Å². The molecule has 0 atom stereocenters. The molecule has 2 saturated carbocycles. The number of aromatic nitrogens is 2. The zero-order valence-corrected chi connectivity index (χ0v) is 19.7. The Labute approximate surface area is 202 Å². The lowest BCUT2D eigenvalue weighted by Gasteiger charge is -2.50. The summed E-state index contributed by atoms with van der Waals surface area (Å²) in [5.74, 6) is -1.23. The molecule has 7 nitrogen and oxygen atoms in total. The maximum Gasteiger partial charge on any atom is 0.451 e. The number of nitrogens with one attached hydrogen (secondary N) is 1. The number of carbonyl (C=O) groups excluding carboxylic acids is 1. The highest BCUT2D eigenvalue weighted by molar-refractivity contribution is 5.95. The molecule has 0 bridgehead atoms. The van der Waals surface area contributed by atoms with E-state index in [1.54, 1.807) is 4.90 Å². The Balaban J connectivity index is 1.44. The number of aliphatic hydroxyl groups is 1. The number of β-amino-alcohol motifs (C(OH)–C–C–N with tert-alkyl or cyclic N) is 1. The molecule has 2 aromatic rings. The van der Waals surface area contributed by atoms with Crippen molar-refractivity contribution in [3.05, 3.63) is 54.1 Å². The van der Waals surface area contributed by atoms with Gasteiger partial charge in [-0.05, 0) is 57.6 Å². The zero-order chi connectivity index (χ0) is 24.9. The van der Waals surface area contributed by atoms with Crippen LogP contribution in [-0.4, -0.2) is 57.3 Å². The quantitative estimate of drug-likeness (QED) is 0.662. The fourth-order valence-electron chi connectivity index (χ4n) is 5.89. The van der Waals surface area contributed by atoms with Crippen LogP contribution in [0.4, 0.5) is 23.7 Å². The molecule has 3 fully saturated rings. The van der Waals surface area contributed by atoms with E-state index in [1.807, 2.05) is 25.2 Å². The second-order valence-electron chi connectivity index (χ2n) is 10.2. The third kappa shape index (κ3) is 4.16. The monoisotopic (exact) mass is 489 g/mol. The number of rotatable bonds is 5. The van der Waals surface area contributed by atoms with Crippen molar-refractivity contribution in [1.82, 2.24) is 20.2 Å². The molecule has 2 heterocycles. The molecule has 3 aliphatic rings. The lowest BCUT2D eigenvalue weighted by atomic mass is 9.68. The fraction of sp³-hybridized carbons (Fsp3) is 0.560. The largest absolute Gasteiger partial charge is 0.451 e. The van der Waals surface area contributed by atoms with Crippen LogP contribution >= 0.6 is 0 Å². The van der Waals surface area contributed by atoms with Gasteiger partial charge in [-0.3, -0.25) is 4.90 Å². The normalized spacial score (nSPS) is 28.4. The number of hydrogen-bond donors (Lipinski definition) is 2. The van der Waals surface area contributed by atoms with E-state index in [2.05, 4.69) is 27.4 Å². The molecule has 1 spiro atoms. The van der Waals surface area contributed by atoms with E-state index in [-0.39, 0.29) is 23.8 Å². The molecule has 1 saturated heterocycles.